The zero-order valence-electron chi connectivity index (χ0n) is 11.3. The van der Waals surface area contributed by atoms with E-state index in [1.807, 2.05) is 11.3 Å². The summed E-state index contributed by atoms with van der Waals surface area (Å²) in [7, 11) is 0. The van der Waals surface area contributed by atoms with Crippen LogP contribution in [0.1, 0.15) is 36.9 Å². The fourth-order valence-corrected chi connectivity index (χ4v) is 3.48. The summed E-state index contributed by atoms with van der Waals surface area (Å²) in [5, 5.41) is 3.61. The Hall–Kier alpha value is -0.380. The molecule has 2 nitrogen and oxygen atoms in total. The van der Waals surface area contributed by atoms with Crippen molar-refractivity contribution in [2.75, 3.05) is 19.6 Å². The number of nitrogens with one attached hydrogen (secondary N) is 1. The lowest BCUT2D eigenvalue weighted by atomic mass is 10.1. The van der Waals surface area contributed by atoms with Gasteiger partial charge in [0.05, 0.1) is 0 Å². The molecule has 3 heteroatoms. The van der Waals surface area contributed by atoms with Crippen molar-refractivity contribution < 1.29 is 0 Å². The van der Waals surface area contributed by atoms with Gasteiger partial charge in [0.25, 0.3) is 0 Å². The summed E-state index contributed by atoms with van der Waals surface area (Å²) in [5.74, 6) is 0. The van der Waals surface area contributed by atoms with Gasteiger partial charge in [0.1, 0.15) is 0 Å². The van der Waals surface area contributed by atoms with E-state index in [4.69, 9.17) is 0 Å². The number of hydrogen-bond donors (Lipinski definition) is 1. The van der Waals surface area contributed by atoms with Crippen molar-refractivity contribution in [2.24, 2.45) is 0 Å². The van der Waals surface area contributed by atoms with Gasteiger partial charge in [0.15, 0.2) is 0 Å². The molecule has 0 aliphatic carbocycles. The summed E-state index contributed by atoms with van der Waals surface area (Å²) < 4.78 is 0. The predicted octanol–water partition coefficient (Wildman–Crippen LogP) is 2.88. The van der Waals surface area contributed by atoms with E-state index in [-0.39, 0.29) is 5.54 Å². The molecule has 0 bridgehead atoms. The standard InChI is InChI=1S/C14H24N2S/c1-4-12-6-7-13(17-12)10-16-9-5-8-15-14(2,3)11-16/h6-7,15H,4-5,8-11H2,1-3H3. The van der Waals surface area contributed by atoms with Crippen molar-refractivity contribution in [3.05, 3.63) is 21.9 Å². The molecule has 0 radical (unpaired) electrons. The smallest absolute Gasteiger partial charge is 0.0328 e. The van der Waals surface area contributed by atoms with Gasteiger partial charge >= 0.3 is 0 Å². The van der Waals surface area contributed by atoms with Crippen LogP contribution in [0.2, 0.25) is 0 Å². The minimum Gasteiger partial charge on any atom is -0.310 e. The van der Waals surface area contributed by atoms with Gasteiger partial charge in [0, 0.05) is 28.4 Å². The third-order valence-corrected chi connectivity index (χ3v) is 4.53. The van der Waals surface area contributed by atoms with Gasteiger partial charge in [-0.3, -0.25) is 4.90 Å². The lowest BCUT2D eigenvalue weighted by Gasteiger charge is -2.29. The van der Waals surface area contributed by atoms with Crippen LogP contribution in [0.5, 0.6) is 0 Å². The minimum atomic E-state index is 0.251. The molecule has 1 N–H and O–H groups in total. The molecule has 1 aliphatic rings. The van der Waals surface area contributed by atoms with E-state index < -0.39 is 0 Å². The van der Waals surface area contributed by atoms with E-state index >= 15 is 0 Å². The van der Waals surface area contributed by atoms with Crippen LogP contribution in [-0.2, 0) is 13.0 Å². The third-order valence-electron chi connectivity index (χ3n) is 3.32. The maximum Gasteiger partial charge on any atom is 0.0328 e. The van der Waals surface area contributed by atoms with Crippen LogP contribution in [0.4, 0.5) is 0 Å². The Morgan fingerprint density at radius 3 is 2.82 bits per heavy atom. The number of rotatable bonds is 3. The minimum absolute atomic E-state index is 0.251. The quantitative estimate of drug-likeness (QED) is 0.890. The van der Waals surface area contributed by atoms with Crippen LogP contribution in [0.15, 0.2) is 12.1 Å². The molecule has 2 heterocycles. The van der Waals surface area contributed by atoms with E-state index in [0.717, 1.165) is 26.1 Å². The molecule has 1 aliphatic heterocycles. The first-order valence-electron chi connectivity index (χ1n) is 6.64. The van der Waals surface area contributed by atoms with E-state index in [0.29, 0.717) is 0 Å². The maximum atomic E-state index is 3.61. The lowest BCUT2D eigenvalue weighted by Crippen LogP contribution is -2.46. The van der Waals surface area contributed by atoms with Crippen molar-refractivity contribution in [2.45, 2.75) is 45.7 Å². The Morgan fingerprint density at radius 1 is 1.35 bits per heavy atom. The fraction of sp³-hybridized carbons (Fsp3) is 0.714. The van der Waals surface area contributed by atoms with Crippen molar-refractivity contribution in [3.8, 4) is 0 Å². The Kier molecular flexibility index (Phi) is 4.23. The van der Waals surface area contributed by atoms with Crippen molar-refractivity contribution in [1.82, 2.24) is 10.2 Å². The first kappa shape index (κ1) is 13.1. The average molecular weight is 252 g/mol. The number of aryl methyl sites for hydroxylation is 1. The van der Waals surface area contributed by atoms with Crippen LogP contribution in [-0.4, -0.2) is 30.1 Å². The molecule has 0 saturated carbocycles. The van der Waals surface area contributed by atoms with Gasteiger partial charge < -0.3 is 5.32 Å². The second-order valence-corrected chi connectivity index (χ2v) is 6.85. The molecule has 17 heavy (non-hydrogen) atoms. The molecule has 1 aromatic heterocycles. The second kappa shape index (κ2) is 5.51. The Labute approximate surface area is 109 Å². The van der Waals surface area contributed by atoms with Crippen LogP contribution >= 0.6 is 11.3 Å². The predicted molar refractivity (Wildman–Crippen MR) is 75.7 cm³/mol. The van der Waals surface area contributed by atoms with E-state index in [1.54, 1.807) is 0 Å². The number of hydrogen-bond acceptors (Lipinski definition) is 3. The highest BCUT2D eigenvalue weighted by molar-refractivity contribution is 7.11. The van der Waals surface area contributed by atoms with E-state index in [1.165, 1.54) is 22.7 Å². The second-order valence-electron chi connectivity index (χ2n) is 5.60. The molecule has 0 atom stereocenters. The molecular formula is C14H24N2S. The average Bonchev–Trinajstić information content (AvgIpc) is 2.64. The summed E-state index contributed by atoms with van der Waals surface area (Å²) in [4.78, 5) is 5.61. The van der Waals surface area contributed by atoms with Crippen LogP contribution in [0.25, 0.3) is 0 Å². The van der Waals surface area contributed by atoms with Gasteiger partial charge in [-0.2, -0.15) is 0 Å². The summed E-state index contributed by atoms with van der Waals surface area (Å²) in [6.45, 7) is 11.5. The summed E-state index contributed by atoms with van der Waals surface area (Å²) in [6.07, 6.45) is 2.42. The summed E-state index contributed by atoms with van der Waals surface area (Å²) >= 11 is 1.97. The highest BCUT2D eigenvalue weighted by Gasteiger charge is 2.23. The van der Waals surface area contributed by atoms with Gasteiger partial charge in [0.2, 0.25) is 0 Å². The lowest BCUT2D eigenvalue weighted by molar-refractivity contribution is 0.225. The highest BCUT2D eigenvalue weighted by Crippen LogP contribution is 2.20. The van der Waals surface area contributed by atoms with E-state index in [9.17, 15) is 0 Å². The normalized spacial score (nSPS) is 21.4. The fourth-order valence-electron chi connectivity index (χ4n) is 2.48. The molecule has 96 valence electrons. The number of thiophene rings is 1. The molecule has 1 saturated heterocycles. The molecule has 0 amide bonds. The zero-order valence-corrected chi connectivity index (χ0v) is 12.1. The molecule has 0 aromatic carbocycles. The van der Waals surface area contributed by atoms with Crippen molar-refractivity contribution >= 4 is 11.3 Å². The van der Waals surface area contributed by atoms with Crippen molar-refractivity contribution in [3.63, 3.8) is 0 Å². The van der Waals surface area contributed by atoms with Crippen molar-refractivity contribution in [1.29, 1.82) is 0 Å². The summed E-state index contributed by atoms with van der Waals surface area (Å²) in [5.41, 5.74) is 0.251. The third kappa shape index (κ3) is 3.80. The van der Waals surface area contributed by atoms with Crippen LogP contribution in [0, 0.1) is 0 Å². The monoisotopic (exact) mass is 252 g/mol. The highest BCUT2D eigenvalue weighted by atomic mass is 32.1. The van der Waals surface area contributed by atoms with Crippen LogP contribution < -0.4 is 5.32 Å². The molecule has 0 unspecified atom stereocenters. The Balaban J connectivity index is 1.97. The topological polar surface area (TPSA) is 15.3 Å². The molecule has 0 spiro atoms. The summed E-state index contributed by atoms with van der Waals surface area (Å²) in [6, 6.07) is 4.58. The molecular weight excluding hydrogens is 228 g/mol. The van der Waals surface area contributed by atoms with Gasteiger partial charge in [-0.25, -0.2) is 0 Å². The van der Waals surface area contributed by atoms with Gasteiger partial charge in [-0.15, -0.1) is 11.3 Å². The Morgan fingerprint density at radius 2 is 2.12 bits per heavy atom. The SMILES string of the molecule is CCc1ccc(CN2CCCNC(C)(C)C2)s1. The zero-order chi connectivity index (χ0) is 12.3. The first-order chi connectivity index (χ1) is 8.09. The Bertz CT molecular complexity index is 357. The molecule has 1 fully saturated rings. The molecule has 1 aromatic rings. The van der Waals surface area contributed by atoms with Gasteiger partial charge in [-0.1, -0.05) is 6.92 Å². The van der Waals surface area contributed by atoms with Gasteiger partial charge in [-0.05, 0) is 51.9 Å². The first-order valence-corrected chi connectivity index (χ1v) is 7.46. The maximum absolute atomic E-state index is 3.61. The van der Waals surface area contributed by atoms with E-state index in [2.05, 4.69) is 43.1 Å². The number of nitrogens with zero attached hydrogens (tertiary/aromatic N) is 1. The largest absolute Gasteiger partial charge is 0.310 e. The van der Waals surface area contributed by atoms with Crippen LogP contribution in [0.3, 0.4) is 0 Å². The molecule has 2 rings (SSSR count).